The first-order valence-electron chi connectivity index (χ1n) is 17.1. The number of amides is 1. The molecular formula is C40H44N2O6. The summed E-state index contributed by atoms with van der Waals surface area (Å²) in [4.78, 5) is 60.7. The fourth-order valence-corrected chi connectivity index (χ4v) is 7.25. The average molecular weight is 649 g/mol. The summed E-state index contributed by atoms with van der Waals surface area (Å²) in [5, 5.41) is 0.835. The zero-order valence-corrected chi connectivity index (χ0v) is 28.0. The molecule has 2 fully saturated rings. The van der Waals surface area contributed by atoms with E-state index < -0.39 is 29.4 Å². The number of esters is 1. The number of Topliss-reactive ketones (excluding diaryl/α,β-unsaturated/α-hetero) is 2. The Balaban J connectivity index is 1.40. The van der Waals surface area contributed by atoms with Gasteiger partial charge in [-0.2, -0.15) is 0 Å². The van der Waals surface area contributed by atoms with E-state index in [9.17, 15) is 19.2 Å². The molecule has 8 nitrogen and oxygen atoms in total. The van der Waals surface area contributed by atoms with Crippen LogP contribution >= 0.6 is 0 Å². The molecule has 4 bridgehead atoms. The van der Waals surface area contributed by atoms with Gasteiger partial charge < -0.3 is 14.4 Å². The number of allylic oxidation sites excluding steroid dienone is 2. The van der Waals surface area contributed by atoms with E-state index in [1.807, 2.05) is 74.5 Å². The summed E-state index contributed by atoms with van der Waals surface area (Å²) < 4.78 is 12.3. The molecule has 2 aromatic carbocycles. The largest absolute Gasteiger partial charge is 0.488 e. The number of ether oxygens (including phenoxy) is 2. The fraction of sp³-hybridized carbons (Fsp3) is 0.425. The zero-order chi connectivity index (χ0) is 34.0. The smallest absolute Gasteiger partial charge is 0.306 e. The summed E-state index contributed by atoms with van der Waals surface area (Å²) in [6, 6.07) is 17.1. The monoisotopic (exact) mass is 648 g/mol. The van der Waals surface area contributed by atoms with Crippen molar-refractivity contribution in [1.82, 2.24) is 9.88 Å². The highest BCUT2D eigenvalue weighted by atomic mass is 16.5. The van der Waals surface area contributed by atoms with Crippen molar-refractivity contribution in [1.29, 1.82) is 0 Å². The Hall–Kier alpha value is -4.59. The van der Waals surface area contributed by atoms with E-state index in [2.05, 4.69) is 12.7 Å². The van der Waals surface area contributed by atoms with Crippen LogP contribution in [0.3, 0.4) is 0 Å². The molecule has 48 heavy (non-hydrogen) atoms. The minimum Gasteiger partial charge on any atom is -0.488 e. The number of hydrogen-bond acceptors (Lipinski definition) is 7. The van der Waals surface area contributed by atoms with Gasteiger partial charge in [-0.1, -0.05) is 68.5 Å². The van der Waals surface area contributed by atoms with Crippen LogP contribution in [0.4, 0.5) is 0 Å². The number of carbonyl (C=O) groups is 4. The lowest BCUT2D eigenvalue weighted by molar-refractivity contribution is -0.151. The third-order valence-corrected chi connectivity index (χ3v) is 10.3. The Labute approximate surface area is 282 Å². The summed E-state index contributed by atoms with van der Waals surface area (Å²) in [6.07, 6.45) is 7.55. The molecule has 1 amide bonds. The molecule has 1 aliphatic carbocycles. The van der Waals surface area contributed by atoms with Crippen LogP contribution in [-0.2, 0) is 23.9 Å². The number of fused-ring (bicyclic) bond motifs is 3. The molecule has 5 atom stereocenters. The average Bonchev–Trinajstić information content (AvgIpc) is 3.64. The Bertz CT molecular complexity index is 1760. The molecular weight excluding hydrogens is 604 g/mol. The van der Waals surface area contributed by atoms with Gasteiger partial charge in [0.05, 0.1) is 42.7 Å². The van der Waals surface area contributed by atoms with Gasteiger partial charge in [-0.15, -0.1) is 6.58 Å². The summed E-state index contributed by atoms with van der Waals surface area (Å²) in [7, 11) is 0. The van der Waals surface area contributed by atoms with Crippen molar-refractivity contribution < 1.29 is 28.7 Å². The van der Waals surface area contributed by atoms with E-state index in [0.29, 0.717) is 18.6 Å². The molecule has 2 aliphatic heterocycles. The topological polar surface area (TPSA) is 103 Å². The maximum atomic E-state index is 14.3. The van der Waals surface area contributed by atoms with Gasteiger partial charge in [-0.3, -0.25) is 19.2 Å². The summed E-state index contributed by atoms with van der Waals surface area (Å²) >= 11 is 0. The maximum absolute atomic E-state index is 14.3. The summed E-state index contributed by atoms with van der Waals surface area (Å²) in [5.41, 5.74) is 2.69. The molecule has 1 saturated carbocycles. The minimum atomic E-state index is -0.788. The second-order valence-electron chi connectivity index (χ2n) is 13.9. The number of nitrogens with zero attached hydrogens (tertiary/aromatic N) is 2. The fourth-order valence-electron chi connectivity index (χ4n) is 7.25. The maximum Gasteiger partial charge on any atom is 0.306 e. The van der Waals surface area contributed by atoms with Crippen LogP contribution < -0.4 is 4.74 Å². The number of cyclic esters (lactones) is 1. The highest BCUT2D eigenvalue weighted by Gasteiger charge is 2.58. The SMILES string of the molecule is C=C[C@@H]1C[C@]1(CC(=O)[C@@H]1C[C@@H]2CN1C(=O)[C@H](C(C)C)CC(=O)OCCC/C=C/c1ccc3nc(-c4ccccc4)cc(c3c1)O2)C(C)=O. The quantitative estimate of drug-likeness (QED) is 0.201. The molecule has 3 aromatic rings. The number of benzene rings is 2. The lowest BCUT2D eigenvalue weighted by Gasteiger charge is -2.30. The van der Waals surface area contributed by atoms with Crippen molar-refractivity contribution in [3.8, 4) is 17.0 Å². The molecule has 250 valence electrons. The number of aromatic nitrogens is 1. The molecule has 3 heterocycles. The Morgan fingerprint density at radius 2 is 1.92 bits per heavy atom. The highest BCUT2D eigenvalue weighted by molar-refractivity contribution is 5.97. The molecule has 0 radical (unpaired) electrons. The number of hydrogen-bond donors (Lipinski definition) is 0. The van der Waals surface area contributed by atoms with Crippen LogP contribution in [0.2, 0.25) is 0 Å². The first-order chi connectivity index (χ1) is 23.1. The Morgan fingerprint density at radius 1 is 1.12 bits per heavy atom. The number of ketones is 2. The van der Waals surface area contributed by atoms with Crippen LogP contribution in [0.5, 0.6) is 5.75 Å². The second-order valence-corrected chi connectivity index (χ2v) is 13.9. The molecule has 3 aliphatic rings. The van der Waals surface area contributed by atoms with Crippen LogP contribution in [0.25, 0.3) is 28.2 Å². The third kappa shape index (κ3) is 6.84. The second kappa shape index (κ2) is 13.9. The van der Waals surface area contributed by atoms with Gasteiger partial charge in [0, 0.05) is 35.3 Å². The van der Waals surface area contributed by atoms with Crippen LogP contribution in [0.1, 0.15) is 64.9 Å². The van der Waals surface area contributed by atoms with Crippen molar-refractivity contribution in [2.24, 2.45) is 23.2 Å². The number of pyridine rings is 1. The predicted molar refractivity (Wildman–Crippen MR) is 185 cm³/mol. The molecule has 8 heteroatoms. The number of carbonyl (C=O) groups excluding carboxylic acids is 4. The van der Waals surface area contributed by atoms with Crippen molar-refractivity contribution >= 4 is 40.4 Å². The van der Waals surface area contributed by atoms with Gasteiger partial charge in [0.25, 0.3) is 0 Å². The molecule has 1 saturated heterocycles. The van der Waals surface area contributed by atoms with Crippen molar-refractivity contribution in [2.45, 2.75) is 71.4 Å². The van der Waals surface area contributed by atoms with Crippen molar-refractivity contribution in [2.75, 3.05) is 13.2 Å². The normalized spacial score (nSPS) is 26.8. The summed E-state index contributed by atoms with van der Waals surface area (Å²) in [5.74, 6) is -1.16. The van der Waals surface area contributed by atoms with Crippen molar-refractivity contribution in [3.63, 3.8) is 0 Å². The lowest BCUT2D eigenvalue weighted by Crippen LogP contribution is -2.46. The zero-order valence-electron chi connectivity index (χ0n) is 28.0. The standard InChI is InChI=1S/C40H44N2O6/c1-5-29-22-40(29,26(4)43)23-36(44)35-19-30-24-42(35)39(46)31(25(2)3)20-38(45)47-17-11-7-8-12-27-15-16-33-32(18-27)37(48-30)21-34(41-33)28-13-9-6-10-14-28/h5-6,8-10,12-16,18,21,25,29-31,35H,1,7,11,17,19-20,22-24H2,2-4H3/b12-8+/t29-,30-,31+,35+,40+/m1/s1. The van der Waals surface area contributed by atoms with Gasteiger partial charge in [0.2, 0.25) is 5.91 Å². The highest BCUT2D eigenvalue weighted by Crippen LogP contribution is 2.57. The van der Waals surface area contributed by atoms with E-state index in [1.165, 1.54) is 6.92 Å². The van der Waals surface area contributed by atoms with Crippen LogP contribution in [0, 0.1) is 23.2 Å². The van der Waals surface area contributed by atoms with E-state index in [1.54, 1.807) is 11.0 Å². The van der Waals surface area contributed by atoms with Gasteiger partial charge in [-0.05, 0) is 55.7 Å². The lowest BCUT2D eigenvalue weighted by atomic mass is 9.88. The first kappa shape index (κ1) is 33.3. The third-order valence-electron chi connectivity index (χ3n) is 10.3. The van der Waals surface area contributed by atoms with Gasteiger partial charge in [-0.25, -0.2) is 4.98 Å². The van der Waals surface area contributed by atoms with Gasteiger partial charge >= 0.3 is 5.97 Å². The number of rotatable bonds is 7. The van der Waals surface area contributed by atoms with Gasteiger partial charge in [0.15, 0.2) is 5.78 Å². The van der Waals surface area contributed by atoms with E-state index in [0.717, 1.165) is 34.1 Å². The van der Waals surface area contributed by atoms with E-state index in [-0.39, 0.29) is 61.7 Å². The van der Waals surface area contributed by atoms with Crippen LogP contribution in [0.15, 0.2) is 73.3 Å². The van der Waals surface area contributed by atoms with E-state index >= 15 is 0 Å². The predicted octanol–water partition coefficient (Wildman–Crippen LogP) is 7.00. The molecule has 6 rings (SSSR count). The van der Waals surface area contributed by atoms with Crippen LogP contribution in [-0.4, -0.2) is 58.6 Å². The molecule has 1 aromatic heterocycles. The Kier molecular flexibility index (Phi) is 9.63. The minimum absolute atomic E-state index is 0.0360. The Morgan fingerprint density at radius 3 is 2.62 bits per heavy atom. The summed E-state index contributed by atoms with van der Waals surface area (Å²) in [6.45, 7) is 9.64. The van der Waals surface area contributed by atoms with Crippen molar-refractivity contribution in [3.05, 3.63) is 78.9 Å². The molecule has 0 unspecified atom stereocenters. The molecule has 0 spiro atoms. The first-order valence-corrected chi connectivity index (χ1v) is 17.1. The van der Waals surface area contributed by atoms with E-state index in [4.69, 9.17) is 14.5 Å². The molecule has 0 N–H and O–H groups in total. The van der Waals surface area contributed by atoms with Gasteiger partial charge in [0.1, 0.15) is 17.6 Å².